The number of allylic oxidation sites excluding steroid dienone is 1. The molecule has 0 aromatic carbocycles. The van der Waals surface area contributed by atoms with E-state index in [1.165, 1.54) is 6.92 Å². The van der Waals surface area contributed by atoms with Crippen LogP contribution in [0.5, 0.6) is 0 Å². The van der Waals surface area contributed by atoms with Crippen LogP contribution in [0.1, 0.15) is 40.5 Å². The van der Waals surface area contributed by atoms with Crippen LogP contribution in [0.2, 0.25) is 0 Å². The fourth-order valence-electron chi connectivity index (χ4n) is 1.61. The Hall–Kier alpha value is -1.12. The van der Waals surface area contributed by atoms with E-state index in [-0.39, 0.29) is 18.0 Å². The topological polar surface area (TPSA) is 43.4 Å². The average molecular weight is 226 g/mol. The minimum absolute atomic E-state index is 0.190. The molecule has 0 saturated heterocycles. The van der Waals surface area contributed by atoms with Crippen molar-refractivity contribution in [2.24, 2.45) is 11.8 Å². The summed E-state index contributed by atoms with van der Waals surface area (Å²) in [5.41, 5.74) is 0.816. The summed E-state index contributed by atoms with van der Waals surface area (Å²) in [6, 6.07) is 0. The Bertz CT molecular complexity index is 256. The summed E-state index contributed by atoms with van der Waals surface area (Å²) in [5, 5.41) is 0. The average Bonchev–Trinajstić information content (AvgIpc) is 2.11. The Kier molecular flexibility index (Phi) is 6.70. The van der Waals surface area contributed by atoms with Gasteiger partial charge in [0.05, 0.1) is 0 Å². The van der Waals surface area contributed by atoms with Crippen molar-refractivity contribution >= 4 is 12.3 Å². The lowest BCUT2D eigenvalue weighted by molar-refractivity contribution is -0.148. The number of hydrogen-bond donors (Lipinski definition) is 0. The minimum Gasteiger partial charge on any atom is -0.463 e. The summed E-state index contributed by atoms with van der Waals surface area (Å²) >= 11 is 0. The summed E-state index contributed by atoms with van der Waals surface area (Å²) in [5.74, 6) is -0.0816. The number of aldehydes is 1. The van der Waals surface area contributed by atoms with Crippen LogP contribution in [0.3, 0.4) is 0 Å². The molecule has 0 amide bonds. The smallest absolute Gasteiger partial charge is 0.302 e. The van der Waals surface area contributed by atoms with Crippen LogP contribution in [-0.2, 0) is 14.3 Å². The molecule has 0 aromatic heterocycles. The van der Waals surface area contributed by atoms with Crippen molar-refractivity contribution in [1.82, 2.24) is 0 Å². The monoisotopic (exact) mass is 226 g/mol. The summed E-state index contributed by atoms with van der Waals surface area (Å²) in [6.45, 7) is 11.1. The van der Waals surface area contributed by atoms with Gasteiger partial charge in [-0.2, -0.15) is 0 Å². The molecule has 3 heteroatoms. The van der Waals surface area contributed by atoms with Gasteiger partial charge < -0.3 is 9.53 Å². The highest BCUT2D eigenvalue weighted by Gasteiger charge is 2.20. The van der Waals surface area contributed by atoms with E-state index in [9.17, 15) is 9.59 Å². The number of hydrogen-bond acceptors (Lipinski definition) is 3. The normalized spacial score (nSPS) is 14.3. The zero-order chi connectivity index (χ0) is 12.7. The molecule has 0 N–H and O–H groups in total. The molecule has 0 saturated carbocycles. The molecule has 92 valence electrons. The molecular formula is C13H22O3. The van der Waals surface area contributed by atoms with Gasteiger partial charge in [-0.25, -0.2) is 0 Å². The van der Waals surface area contributed by atoms with E-state index in [1.54, 1.807) is 0 Å². The molecule has 0 aliphatic rings. The van der Waals surface area contributed by atoms with Gasteiger partial charge in [0.1, 0.15) is 12.4 Å². The fraction of sp³-hybridized carbons (Fsp3) is 0.692. The highest BCUT2D eigenvalue weighted by atomic mass is 16.5. The first-order valence-electron chi connectivity index (χ1n) is 5.64. The second-order valence-corrected chi connectivity index (χ2v) is 4.69. The van der Waals surface area contributed by atoms with Gasteiger partial charge in [0.2, 0.25) is 0 Å². The van der Waals surface area contributed by atoms with Crippen LogP contribution in [0.25, 0.3) is 0 Å². The van der Waals surface area contributed by atoms with Crippen molar-refractivity contribution in [2.75, 3.05) is 0 Å². The van der Waals surface area contributed by atoms with Crippen LogP contribution in [0.15, 0.2) is 12.2 Å². The largest absolute Gasteiger partial charge is 0.463 e. The van der Waals surface area contributed by atoms with Crippen molar-refractivity contribution in [2.45, 2.75) is 46.6 Å². The summed E-state index contributed by atoms with van der Waals surface area (Å²) in [4.78, 5) is 21.8. The van der Waals surface area contributed by atoms with Crippen LogP contribution in [0.4, 0.5) is 0 Å². The molecule has 0 aliphatic carbocycles. The molecule has 16 heavy (non-hydrogen) atoms. The van der Waals surface area contributed by atoms with Gasteiger partial charge >= 0.3 is 5.97 Å². The molecule has 2 atom stereocenters. The molecule has 0 heterocycles. The van der Waals surface area contributed by atoms with Crippen LogP contribution >= 0.6 is 0 Å². The van der Waals surface area contributed by atoms with Gasteiger partial charge in [-0.05, 0) is 25.7 Å². The van der Waals surface area contributed by atoms with Crippen molar-refractivity contribution < 1.29 is 14.3 Å². The molecule has 0 aromatic rings. The highest BCUT2D eigenvalue weighted by Crippen LogP contribution is 2.20. The Labute approximate surface area is 97.9 Å². The van der Waals surface area contributed by atoms with E-state index in [2.05, 4.69) is 20.4 Å². The van der Waals surface area contributed by atoms with Gasteiger partial charge in [0.25, 0.3) is 0 Å². The Morgan fingerprint density at radius 3 is 2.19 bits per heavy atom. The first-order valence-corrected chi connectivity index (χ1v) is 5.64. The molecule has 2 unspecified atom stereocenters. The SMILES string of the molecule is C=C(C)C(C=O)CC(CC(C)C)OC(C)=O. The van der Waals surface area contributed by atoms with E-state index in [4.69, 9.17) is 4.74 Å². The van der Waals surface area contributed by atoms with E-state index in [0.29, 0.717) is 12.3 Å². The molecule has 3 nitrogen and oxygen atoms in total. The van der Waals surface area contributed by atoms with Gasteiger partial charge in [-0.15, -0.1) is 0 Å². The van der Waals surface area contributed by atoms with Crippen molar-refractivity contribution in [1.29, 1.82) is 0 Å². The maximum atomic E-state index is 10.9. The highest BCUT2D eigenvalue weighted by molar-refractivity contribution is 5.66. The quantitative estimate of drug-likeness (QED) is 0.381. The summed E-state index contributed by atoms with van der Waals surface area (Å²) in [7, 11) is 0. The molecule has 0 spiro atoms. The van der Waals surface area contributed by atoms with Crippen molar-refractivity contribution in [3.63, 3.8) is 0 Å². The zero-order valence-electron chi connectivity index (χ0n) is 10.7. The van der Waals surface area contributed by atoms with Gasteiger partial charge in [-0.1, -0.05) is 26.0 Å². The van der Waals surface area contributed by atoms with Crippen LogP contribution in [0, 0.1) is 11.8 Å². The molecule has 0 rings (SSSR count). The second kappa shape index (κ2) is 7.20. The van der Waals surface area contributed by atoms with E-state index >= 15 is 0 Å². The minimum atomic E-state index is -0.294. The Morgan fingerprint density at radius 2 is 1.88 bits per heavy atom. The lowest BCUT2D eigenvalue weighted by atomic mass is 9.92. The van der Waals surface area contributed by atoms with Crippen molar-refractivity contribution in [3.05, 3.63) is 12.2 Å². The Balaban J connectivity index is 4.44. The number of rotatable bonds is 7. The number of ether oxygens (including phenoxy) is 1. The maximum absolute atomic E-state index is 10.9. The number of carbonyl (C=O) groups is 2. The standard InChI is InChI=1S/C13H22O3/c1-9(2)6-13(16-11(5)15)7-12(8-14)10(3)4/h8-9,12-13H,3,6-7H2,1-2,4-5H3. The lowest BCUT2D eigenvalue weighted by Crippen LogP contribution is -2.23. The van der Waals surface area contributed by atoms with Crippen LogP contribution in [-0.4, -0.2) is 18.4 Å². The number of esters is 1. The predicted molar refractivity (Wildman–Crippen MR) is 64.0 cm³/mol. The third kappa shape index (κ3) is 6.38. The van der Waals surface area contributed by atoms with Gasteiger partial charge in [-0.3, -0.25) is 4.79 Å². The van der Waals surface area contributed by atoms with E-state index < -0.39 is 0 Å². The molecule has 0 bridgehead atoms. The van der Waals surface area contributed by atoms with Gasteiger partial charge in [0.15, 0.2) is 0 Å². The number of carbonyl (C=O) groups excluding carboxylic acids is 2. The third-order valence-electron chi connectivity index (χ3n) is 2.38. The predicted octanol–water partition coefficient (Wildman–Crippen LogP) is 2.75. The maximum Gasteiger partial charge on any atom is 0.302 e. The molecular weight excluding hydrogens is 204 g/mol. The third-order valence-corrected chi connectivity index (χ3v) is 2.38. The van der Waals surface area contributed by atoms with Crippen LogP contribution < -0.4 is 0 Å². The van der Waals surface area contributed by atoms with E-state index in [1.807, 2.05) is 6.92 Å². The van der Waals surface area contributed by atoms with E-state index in [0.717, 1.165) is 18.3 Å². The first-order chi connectivity index (χ1) is 7.36. The zero-order valence-corrected chi connectivity index (χ0v) is 10.7. The second-order valence-electron chi connectivity index (χ2n) is 4.69. The Morgan fingerprint density at radius 1 is 1.31 bits per heavy atom. The first kappa shape index (κ1) is 14.9. The lowest BCUT2D eigenvalue weighted by Gasteiger charge is -2.21. The molecule has 0 aliphatic heterocycles. The van der Waals surface area contributed by atoms with Crippen molar-refractivity contribution in [3.8, 4) is 0 Å². The summed E-state index contributed by atoms with van der Waals surface area (Å²) < 4.78 is 5.20. The molecule has 0 fully saturated rings. The molecule has 0 radical (unpaired) electrons. The summed E-state index contributed by atoms with van der Waals surface area (Å²) in [6.07, 6.45) is 2.00. The fourth-order valence-corrected chi connectivity index (χ4v) is 1.61. The van der Waals surface area contributed by atoms with Gasteiger partial charge in [0, 0.05) is 12.8 Å².